The maximum Gasteiger partial charge on any atom is 0.236 e. The number of pyridine rings is 1. The van der Waals surface area contributed by atoms with Crippen molar-refractivity contribution in [2.45, 2.75) is 17.1 Å². The summed E-state index contributed by atoms with van der Waals surface area (Å²) in [6.07, 6.45) is 0.778. The minimum atomic E-state index is -1.79. The van der Waals surface area contributed by atoms with Crippen LogP contribution in [0.5, 0.6) is 11.6 Å². The molecule has 0 amide bonds. The second-order valence-corrected chi connectivity index (χ2v) is 6.31. The molecule has 0 saturated carbocycles. The van der Waals surface area contributed by atoms with Crippen LogP contribution in [0.1, 0.15) is 19.0 Å². The van der Waals surface area contributed by atoms with Gasteiger partial charge in [-0.25, -0.2) is 4.98 Å². The Morgan fingerprint density at radius 3 is 2.22 bits per heavy atom. The van der Waals surface area contributed by atoms with Gasteiger partial charge in [0.2, 0.25) is 9.67 Å². The van der Waals surface area contributed by atoms with Gasteiger partial charge in [-0.15, -0.1) is 0 Å². The lowest BCUT2D eigenvalue weighted by Crippen LogP contribution is -2.09. The molecule has 0 bridgehead atoms. The van der Waals surface area contributed by atoms with Gasteiger partial charge < -0.3 is 9.47 Å². The Morgan fingerprint density at radius 1 is 1.17 bits per heavy atom. The van der Waals surface area contributed by atoms with E-state index in [1.54, 1.807) is 0 Å². The monoisotopic (exact) mass is 351 g/mol. The molecule has 3 nitrogen and oxygen atoms in total. The van der Waals surface area contributed by atoms with Crippen molar-refractivity contribution in [3.63, 3.8) is 0 Å². The number of methoxy groups -OCH3 is 1. The molecule has 1 aromatic rings. The summed E-state index contributed by atoms with van der Waals surface area (Å²) < 4.78 is 8.64. The lowest BCUT2D eigenvalue weighted by molar-refractivity contribution is 0.313. The van der Waals surface area contributed by atoms with E-state index < -0.39 is 3.79 Å². The van der Waals surface area contributed by atoms with Gasteiger partial charge in [0, 0.05) is 0 Å². The first kappa shape index (κ1) is 16.3. The standard InChI is InChI=1S/C10H10Cl5NO2/c1-3-4-18-7-5(11)8(10(13,14)15)16-9(17-2)6(7)12/h3-4H2,1-2H3. The van der Waals surface area contributed by atoms with Crippen LogP contribution >= 0.6 is 58.0 Å². The van der Waals surface area contributed by atoms with E-state index in [1.165, 1.54) is 7.11 Å². The first-order chi connectivity index (χ1) is 8.32. The van der Waals surface area contributed by atoms with E-state index in [0.29, 0.717) is 6.61 Å². The molecule has 8 heteroatoms. The highest BCUT2D eigenvalue weighted by Crippen LogP contribution is 2.48. The van der Waals surface area contributed by atoms with Gasteiger partial charge in [0.15, 0.2) is 5.75 Å². The van der Waals surface area contributed by atoms with E-state index >= 15 is 0 Å². The molecule has 0 spiro atoms. The summed E-state index contributed by atoms with van der Waals surface area (Å²) in [5.41, 5.74) is 0.0153. The second-order valence-electron chi connectivity index (χ2n) is 3.27. The van der Waals surface area contributed by atoms with E-state index in [9.17, 15) is 0 Å². The van der Waals surface area contributed by atoms with Gasteiger partial charge in [-0.3, -0.25) is 0 Å². The fourth-order valence-corrected chi connectivity index (χ4v) is 2.36. The molecule has 0 aliphatic rings. The summed E-state index contributed by atoms with van der Waals surface area (Å²) in [6, 6.07) is 0. The lowest BCUT2D eigenvalue weighted by atomic mass is 10.3. The Kier molecular flexibility index (Phi) is 5.94. The number of nitrogens with zero attached hydrogens (tertiary/aromatic N) is 1. The van der Waals surface area contributed by atoms with Crippen molar-refractivity contribution >= 4 is 58.0 Å². The molecule has 0 fully saturated rings. The molecular weight excluding hydrogens is 343 g/mol. The zero-order valence-electron chi connectivity index (χ0n) is 9.57. The first-order valence-electron chi connectivity index (χ1n) is 4.95. The van der Waals surface area contributed by atoms with Gasteiger partial charge in [0.25, 0.3) is 0 Å². The van der Waals surface area contributed by atoms with Crippen LogP contribution in [0.15, 0.2) is 0 Å². The van der Waals surface area contributed by atoms with Crippen molar-refractivity contribution in [3.8, 4) is 11.6 Å². The van der Waals surface area contributed by atoms with Gasteiger partial charge in [-0.2, -0.15) is 0 Å². The molecular formula is C10H10Cl5NO2. The summed E-state index contributed by atoms with van der Waals surface area (Å²) in [4.78, 5) is 3.97. The van der Waals surface area contributed by atoms with Crippen LogP contribution in [0.3, 0.4) is 0 Å². The van der Waals surface area contributed by atoms with Crippen molar-refractivity contribution in [3.05, 3.63) is 15.7 Å². The predicted octanol–water partition coefficient (Wildman–Crippen LogP) is 5.01. The quantitative estimate of drug-likeness (QED) is 0.713. The fraction of sp³-hybridized carbons (Fsp3) is 0.500. The smallest absolute Gasteiger partial charge is 0.236 e. The summed E-state index contributed by atoms with van der Waals surface area (Å²) in [5.74, 6) is 0.293. The van der Waals surface area contributed by atoms with Crippen molar-refractivity contribution < 1.29 is 9.47 Å². The highest BCUT2D eigenvalue weighted by Gasteiger charge is 2.32. The lowest BCUT2D eigenvalue weighted by Gasteiger charge is -2.18. The van der Waals surface area contributed by atoms with E-state index in [0.717, 1.165) is 6.42 Å². The van der Waals surface area contributed by atoms with Crippen LogP contribution in [-0.4, -0.2) is 18.7 Å². The second kappa shape index (κ2) is 6.58. The molecule has 0 aliphatic heterocycles. The summed E-state index contributed by atoms with van der Waals surface area (Å²) >= 11 is 29.5. The molecule has 1 rings (SSSR count). The first-order valence-corrected chi connectivity index (χ1v) is 6.84. The predicted molar refractivity (Wildman–Crippen MR) is 75.8 cm³/mol. The third-order valence-electron chi connectivity index (χ3n) is 1.92. The number of hydrogen-bond donors (Lipinski definition) is 0. The molecule has 0 N–H and O–H groups in total. The van der Waals surface area contributed by atoms with Gasteiger partial charge in [-0.05, 0) is 6.42 Å². The van der Waals surface area contributed by atoms with Crippen LogP contribution < -0.4 is 9.47 Å². The van der Waals surface area contributed by atoms with Gasteiger partial charge in [-0.1, -0.05) is 64.9 Å². The number of alkyl halides is 3. The van der Waals surface area contributed by atoms with Crippen LogP contribution in [0.25, 0.3) is 0 Å². The summed E-state index contributed by atoms with van der Waals surface area (Å²) in [7, 11) is 1.40. The third-order valence-corrected chi connectivity index (χ3v) is 3.14. The van der Waals surface area contributed by atoms with Crippen LogP contribution in [-0.2, 0) is 3.79 Å². The van der Waals surface area contributed by atoms with Crippen LogP contribution in [0.2, 0.25) is 10.0 Å². The minimum absolute atomic E-state index is 0.0153. The molecule has 0 aliphatic carbocycles. The molecule has 0 atom stereocenters. The molecule has 0 saturated heterocycles. The zero-order valence-corrected chi connectivity index (χ0v) is 13.3. The topological polar surface area (TPSA) is 31.4 Å². The fourth-order valence-electron chi connectivity index (χ4n) is 1.15. The summed E-state index contributed by atoms with van der Waals surface area (Å²) in [6.45, 7) is 2.36. The molecule has 1 heterocycles. The minimum Gasteiger partial charge on any atom is -0.490 e. The van der Waals surface area contributed by atoms with Gasteiger partial charge in [0.05, 0.1) is 13.7 Å². The van der Waals surface area contributed by atoms with Gasteiger partial charge in [0.1, 0.15) is 15.7 Å². The maximum absolute atomic E-state index is 6.08. The number of aromatic nitrogens is 1. The number of hydrogen-bond acceptors (Lipinski definition) is 3. The van der Waals surface area contributed by atoms with E-state index in [-0.39, 0.29) is 27.4 Å². The highest BCUT2D eigenvalue weighted by atomic mass is 35.6. The maximum atomic E-state index is 6.08. The molecule has 0 unspecified atom stereocenters. The van der Waals surface area contributed by atoms with Crippen molar-refractivity contribution in [1.29, 1.82) is 0 Å². The Labute approximate surface area is 130 Å². The molecule has 18 heavy (non-hydrogen) atoms. The Bertz CT molecular complexity index is 433. The van der Waals surface area contributed by atoms with Crippen LogP contribution in [0, 0.1) is 0 Å². The third kappa shape index (κ3) is 3.61. The highest BCUT2D eigenvalue weighted by molar-refractivity contribution is 6.67. The Hall–Kier alpha value is 0.200. The number of halogens is 5. The van der Waals surface area contributed by atoms with E-state index in [4.69, 9.17) is 67.5 Å². The Morgan fingerprint density at radius 2 is 1.78 bits per heavy atom. The SMILES string of the molecule is CCCOc1c(Cl)c(OC)nc(C(Cl)(Cl)Cl)c1Cl. The Balaban J connectivity index is 3.38. The normalized spacial score (nSPS) is 11.5. The van der Waals surface area contributed by atoms with Crippen LogP contribution in [0.4, 0.5) is 0 Å². The van der Waals surface area contributed by atoms with Crippen molar-refractivity contribution in [1.82, 2.24) is 4.98 Å². The average Bonchev–Trinajstić information content (AvgIpc) is 2.27. The van der Waals surface area contributed by atoms with E-state index in [1.807, 2.05) is 6.92 Å². The number of ether oxygens (including phenoxy) is 2. The van der Waals surface area contributed by atoms with Crippen molar-refractivity contribution in [2.75, 3.05) is 13.7 Å². The molecule has 0 radical (unpaired) electrons. The van der Waals surface area contributed by atoms with Crippen molar-refractivity contribution in [2.24, 2.45) is 0 Å². The molecule has 0 aromatic carbocycles. The zero-order chi connectivity index (χ0) is 13.9. The van der Waals surface area contributed by atoms with E-state index in [2.05, 4.69) is 4.98 Å². The largest absolute Gasteiger partial charge is 0.490 e. The summed E-state index contributed by atoms with van der Waals surface area (Å²) in [5, 5.41) is 0.211. The number of rotatable bonds is 4. The van der Waals surface area contributed by atoms with Gasteiger partial charge >= 0.3 is 0 Å². The average molecular weight is 353 g/mol. The molecule has 1 aromatic heterocycles. The molecule has 102 valence electrons.